The van der Waals surface area contributed by atoms with Crippen molar-refractivity contribution in [2.45, 2.75) is 57.0 Å². The molecule has 2 atom stereocenters. The van der Waals surface area contributed by atoms with Crippen molar-refractivity contribution >= 4 is 17.6 Å². The fourth-order valence-corrected chi connectivity index (χ4v) is 4.21. The molecule has 0 radical (unpaired) electrons. The number of likely N-dealkylation sites (tertiary alicyclic amines) is 2. The Kier molecular flexibility index (Phi) is 5.46. The van der Waals surface area contributed by atoms with Crippen LogP contribution >= 0.6 is 0 Å². The first-order chi connectivity index (χ1) is 13.5. The molecule has 0 aromatic heterocycles. The van der Waals surface area contributed by atoms with Gasteiger partial charge in [0.25, 0.3) is 5.91 Å². The molecule has 2 heterocycles. The van der Waals surface area contributed by atoms with Crippen LogP contribution in [0.25, 0.3) is 0 Å². The summed E-state index contributed by atoms with van der Waals surface area (Å²) in [4.78, 5) is 40.8. The van der Waals surface area contributed by atoms with E-state index >= 15 is 0 Å². The van der Waals surface area contributed by atoms with E-state index in [-0.39, 0.29) is 17.9 Å². The molecule has 2 saturated heterocycles. The number of Topliss-reactive ketones (excluding diaryl/α,β-unsaturated/α-hetero) is 1. The van der Waals surface area contributed by atoms with Gasteiger partial charge in [-0.15, -0.1) is 0 Å². The topological polar surface area (TPSA) is 90.0 Å². The standard InChI is InChI=1S/C21H27N3O4/c25-18-10-9-17(24(18)11-14-5-2-1-3-6-14)19(26)20(27)22-16-12-23(13-16)21(28)15-7-4-8-15/h1-3,5-6,15-18,25H,4,7-13H2,(H,22,27)/t17-,18?/m1/s1. The Morgan fingerprint density at radius 2 is 1.75 bits per heavy atom. The number of hydrogen-bond acceptors (Lipinski definition) is 5. The fourth-order valence-electron chi connectivity index (χ4n) is 4.21. The lowest BCUT2D eigenvalue weighted by Crippen LogP contribution is -2.63. The van der Waals surface area contributed by atoms with Crippen LogP contribution in [0.4, 0.5) is 0 Å². The Labute approximate surface area is 164 Å². The monoisotopic (exact) mass is 385 g/mol. The fraction of sp³-hybridized carbons (Fsp3) is 0.571. The third kappa shape index (κ3) is 3.82. The molecule has 2 aliphatic heterocycles. The van der Waals surface area contributed by atoms with Crippen LogP contribution in [-0.4, -0.2) is 63.9 Å². The van der Waals surface area contributed by atoms with Crippen LogP contribution in [0.3, 0.4) is 0 Å². The number of carbonyl (C=O) groups is 3. The molecule has 7 nitrogen and oxygen atoms in total. The second-order valence-electron chi connectivity index (χ2n) is 8.14. The molecule has 1 aromatic carbocycles. The first-order valence-electron chi connectivity index (χ1n) is 10.1. The van der Waals surface area contributed by atoms with E-state index in [1.807, 2.05) is 30.3 Å². The zero-order valence-electron chi connectivity index (χ0n) is 15.9. The molecule has 0 spiro atoms. The molecule has 1 aliphatic carbocycles. The molecule has 1 aromatic rings. The lowest BCUT2D eigenvalue weighted by Gasteiger charge is -2.42. The van der Waals surface area contributed by atoms with Crippen LogP contribution < -0.4 is 5.32 Å². The van der Waals surface area contributed by atoms with Crippen molar-refractivity contribution < 1.29 is 19.5 Å². The van der Waals surface area contributed by atoms with Crippen LogP contribution in [0.2, 0.25) is 0 Å². The SMILES string of the molecule is O=C(NC1CN(C(=O)C2CCC2)C1)C(=O)[C@H]1CCC(O)N1Cc1ccccc1. The van der Waals surface area contributed by atoms with Crippen LogP contribution in [0.15, 0.2) is 30.3 Å². The quantitative estimate of drug-likeness (QED) is 0.703. The highest BCUT2D eigenvalue weighted by molar-refractivity contribution is 6.38. The van der Waals surface area contributed by atoms with Crippen LogP contribution in [0.1, 0.15) is 37.7 Å². The molecule has 4 rings (SSSR count). The summed E-state index contributed by atoms with van der Waals surface area (Å²) in [7, 11) is 0. The summed E-state index contributed by atoms with van der Waals surface area (Å²) in [5.74, 6) is -0.782. The number of amides is 2. The summed E-state index contributed by atoms with van der Waals surface area (Å²) < 4.78 is 0. The molecule has 3 fully saturated rings. The number of rotatable bonds is 6. The van der Waals surface area contributed by atoms with Gasteiger partial charge in [-0.25, -0.2) is 0 Å². The van der Waals surface area contributed by atoms with E-state index < -0.39 is 24.0 Å². The van der Waals surface area contributed by atoms with Gasteiger partial charge in [-0.05, 0) is 31.2 Å². The van der Waals surface area contributed by atoms with Gasteiger partial charge in [0.05, 0.1) is 12.1 Å². The van der Waals surface area contributed by atoms with Gasteiger partial charge < -0.3 is 15.3 Å². The van der Waals surface area contributed by atoms with Crippen molar-refractivity contribution in [2.75, 3.05) is 13.1 Å². The summed E-state index contributed by atoms with van der Waals surface area (Å²) in [5, 5.41) is 13.0. The number of nitrogens with one attached hydrogen (secondary N) is 1. The predicted octanol–water partition coefficient (Wildman–Crippen LogP) is 0.666. The Morgan fingerprint density at radius 1 is 1.04 bits per heavy atom. The van der Waals surface area contributed by atoms with Gasteiger partial charge in [0.15, 0.2) is 0 Å². The third-order valence-electron chi connectivity index (χ3n) is 6.20. The van der Waals surface area contributed by atoms with Crippen molar-refractivity contribution in [2.24, 2.45) is 5.92 Å². The number of ketones is 1. The number of aliphatic hydroxyl groups excluding tert-OH is 1. The van der Waals surface area contributed by atoms with Gasteiger partial charge >= 0.3 is 0 Å². The Hall–Kier alpha value is -2.25. The highest BCUT2D eigenvalue weighted by Gasteiger charge is 2.42. The maximum atomic E-state index is 12.7. The Bertz CT molecular complexity index is 743. The Balaban J connectivity index is 1.29. The van der Waals surface area contributed by atoms with Crippen LogP contribution in [-0.2, 0) is 20.9 Å². The summed E-state index contributed by atoms with van der Waals surface area (Å²) in [6.07, 6.45) is 3.27. The van der Waals surface area contributed by atoms with Crippen LogP contribution in [0, 0.1) is 5.92 Å². The molecule has 28 heavy (non-hydrogen) atoms. The van der Waals surface area contributed by atoms with Crippen molar-refractivity contribution in [1.29, 1.82) is 0 Å². The third-order valence-corrected chi connectivity index (χ3v) is 6.20. The number of aliphatic hydroxyl groups is 1. The highest BCUT2D eigenvalue weighted by Crippen LogP contribution is 2.30. The Morgan fingerprint density at radius 3 is 2.39 bits per heavy atom. The summed E-state index contributed by atoms with van der Waals surface area (Å²) in [6, 6.07) is 8.85. The number of hydrogen-bond donors (Lipinski definition) is 2. The van der Waals surface area contributed by atoms with E-state index in [0.717, 1.165) is 24.8 Å². The molecule has 0 bridgehead atoms. The van der Waals surface area contributed by atoms with E-state index in [4.69, 9.17) is 0 Å². The maximum absolute atomic E-state index is 12.7. The second kappa shape index (κ2) is 8.01. The van der Waals surface area contributed by atoms with Gasteiger partial charge in [0.1, 0.15) is 6.23 Å². The van der Waals surface area contributed by atoms with Crippen molar-refractivity contribution in [1.82, 2.24) is 15.1 Å². The van der Waals surface area contributed by atoms with Crippen molar-refractivity contribution in [3.8, 4) is 0 Å². The zero-order chi connectivity index (χ0) is 19.7. The van der Waals surface area contributed by atoms with E-state index in [9.17, 15) is 19.5 Å². The lowest BCUT2D eigenvalue weighted by molar-refractivity contribution is -0.147. The zero-order valence-corrected chi connectivity index (χ0v) is 15.9. The molecule has 150 valence electrons. The smallest absolute Gasteiger partial charge is 0.289 e. The highest BCUT2D eigenvalue weighted by atomic mass is 16.3. The molecule has 2 N–H and O–H groups in total. The second-order valence-corrected chi connectivity index (χ2v) is 8.14. The predicted molar refractivity (Wildman–Crippen MR) is 102 cm³/mol. The largest absolute Gasteiger partial charge is 0.378 e. The molecule has 3 aliphatic rings. The van der Waals surface area contributed by atoms with E-state index in [0.29, 0.717) is 32.5 Å². The molecule has 1 saturated carbocycles. The summed E-state index contributed by atoms with van der Waals surface area (Å²) >= 11 is 0. The van der Waals surface area contributed by atoms with Gasteiger partial charge in [-0.3, -0.25) is 19.3 Å². The molecular formula is C21H27N3O4. The molecule has 2 amide bonds. The first kappa shape index (κ1) is 19.1. The summed E-state index contributed by atoms with van der Waals surface area (Å²) in [5.41, 5.74) is 0.991. The molecule has 1 unspecified atom stereocenters. The normalized spacial score (nSPS) is 25.8. The maximum Gasteiger partial charge on any atom is 0.289 e. The minimum absolute atomic E-state index is 0.157. The minimum Gasteiger partial charge on any atom is -0.378 e. The molecular weight excluding hydrogens is 358 g/mol. The first-order valence-corrected chi connectivity index (χ1v) is 10.1. The van der Waals surface area contributed by atoms with Gasteiger partial charge in [-0.2, -0.15) is 0 Å². The van der Waals surface area contributed by atoms with Crippen molar-refractivity contribution in [3.05, 3.63) is 35.9 Å². The molecule has 7 heteroatoms. The van der Waals surface area contributed by atoms with E-state index in [1.54, 1.807) is 9.80 Å². The van der Waals surface area contributed by atoms with Gasteiger partial charge in [-0.1, -0.05) is 36.8 Å². The minimum atomic E-state index is -0.721. The average molecular weight is 385 g/mol. The number of nitrogens with zero attached hydrogens (tertiary/aromatic N) is 2. The van der Waals surface area contributed by atoms with Gasteiger partial charge in [0.2, 0.25) is 11.7 Å². The van der Waals surface area contributed by atoms with Crippen molar-refractivity contribution in [3.63, 3.8) is 0 Å². The van der Waals surface area contributed by atoms with Crippen LogP contribution in [0.5, 0.6) is 0 Å². The van der Waals surface area contributed by atoms with E-state index in [1.165, 1.54) is 0 Å². The van der Waals surface area contributed by atoms with E-state index in [2.05, 4.69) is 5.32 Å². The summed E-state index contributed by atoms with van der Waals surface area (Å²) in [6.45, 7) is 1.39. The average Bonchev–Trinajstić information content (AvgIpc) is 2.96. The number of carbonyl (C=O) groups excluding carboxylic acids is 3. The number of benzene rings is 1. The van der Waals surface area contributed by atoms with Gasteiger partial charge in [0, 0.05) is 25.6 Å². The lowest BCUT2D eigenvalue weighted by atomic mass is 9.83.